The predicted octanol–water partition coefficient (Wildman–Crippen LogP) is 4.35. The molecule has 0 spiro atoms. The maximum absolute atomic E-state index is 13.2. The number of anilines is 1. The number of rotatable bonds is 3. The van der Waals surface area contributed by atoms with Crippen molar-refractivity contribution in [1.29, 1.82) is 0 Å². The van der Waals surface area contributed by atoms with Crippen LogP contribution in [0.3, 0.4) is 0 Å². The molecule has 1 aromatic carbocycles. The average Bonchev–Trinajstić information content (AvgIpc) is 3.26. The highest BCUT2D eigenvalue weighted by Gasteiger charge is 2.23. The van der Waals surface area contributed by atoms with Crippen LogP contribution in [0.1, 0.15) is 41.8 Å². The Morgan fingerprint density at radius 2 is 1.86 bits per heavy atom. The second kappa shape index (κ2) is 7.04. The summed E-state index contributed by atoms with van der Waals surface area (Å²) in [6.07, 6.45) is 0. The number of nitrogens with one attached hydrogen (secondary N) is 1. The van der Waals surface area contributed by atoms with E-state index >= 15 is 0 Å². The average molecular weight is 407 g/mol. The fraction of sp³-hybridized carbons (Fsp3) is 0.286. The Kier molecular flexibility index (Phi) is 4.66. The van der Waals surface area contributed by atoms with E-state index in [0.29, 0.717) is 16.3 Å². The lowest BCUT2D eigenvalue weighted by atomic mass is 9.98. The lowest BCUT2D eigenvalue weighted by molar-refractivity contribution is 0.102. The van der Waals surface area contributed by atoms with Crippen LogP contribution < -0.4 is 5.32 Å². The minimum atomic E-state index is -0.248. The number of amides is 1. The minimum Gasteiger partial charge on any atom is -0.296 e. The molecule has 0 aliphatic carbocycles. The molecule has 0 atom stereocenters. The molecule has 4 rings (SSSR count). The molecule has 0 fully saturated rings. The van der Waals surface area contributed by atoms with E-state index in [9.17, 15) is 4.79 Å². The van der Waals surface area contributed by atoms with Gasteiger partial charge in [0.1, 0.15) is 5.01 Å². The van der Waals surface area contributed by atoms with Gasteiger partial charge in [-0.1, -0.05) is 62.4 Å². The van der Waals surface area contributed by atoms with Gasteiger partial charge in [0.2, 0.25) is 5.13 Å². The Hall–Kier alpha value is -3.13. The van der Waals surface area contributed by atoms with Gasteiger partial charge in [-0.2, -0.15) is 5.10 Å². The monoisotopic (exact) mass is 406 g/mol. The molecular weight excluding hydrogens is 384 g/mol. The Morgan fingerprint density at radius 3 is 2.52 bits per heavy atom. The molecule has 0 saturated carbocycles. The van der Waals surface area contributed by atoms with E-state index in [0.717, 1.165) is 27.3 Å². The normalized spacial score (nSPS) is 11.8. The van der Waals surface area contributed by atoms with Crippen molar-refractivity contribution in [3.05, 3.63) is 52.7 Å². The molecule has 1 N–H and O–H groups in total. The number of aromatic nitrogens is 5. The second-order valence-electron chi connectivity index (χ2n) is 7.95. The number of hydrogen-bond donors (Lipinski definition) is 1. The van der Waals surface area contributed by atoms with E-state index in [1.54, 1.807) is 4.68 Å². The number of carbonyl (C=O) groups is 1. The summed E-state index contributed by atoms with van der Waals surface area (Å²) in [5.74, 6) is -0.248. The smallest absolute Gasteiger partial charge is 0.258 e. The molecule has 0 bridgehead atoms. The Balaban J connectivity index is 1.79. The Bertz CT molecular complexity index is 1200. The number of aryl methyl sites for hydroxylation is 2. The van der Waals surface area contributed by atoms with Crippen molar-refractivity contribution in [3.63, 3.8) is 0 Å². The third-order valence-electron chi connectivity index (χ3n) is 4.57. The summed E-state index contributed by atoms with van der Waals surface area (Å²) in [6, 6.07) is 11.6. The largest absolute Gasteiger partial charge is 0.296 e. The first-order chi connectivity index (χ1) is 13.7. The summed E-state index contributed by atoms with van der Waals surface area (Å²) in [4.78, 5) is 17.9. The molecule has 1 amide bonds. The van der Waals surface area contributed by atoms with Gasteiger partial charge in [0.05, 0.1) is 22.3 Å². The molecule has 3 heterocycles. The molecule has 0 saturated heterocycles. The number of hydrogen-bond acceptors (Lipinski definition) is 6. The molecule has 3 aromatic heterocycles. The van der Waals surface area contributed by atoms with Gasteiger partial charge in [-0.3, -0.25) is 14.8 Å². The zero-order chi connectivity index (χ0) is 20.8. The van der Waals surface area contributed by atoms with Crippen molar-refractivity contribution in [3.8, 4) is 11.3 Å². The summed E-state index contributed by atoms with van der Waals surface area (Å²) >= 11 is 1.39. The standard InChI is InChI=1S/C21H22N6OS/c1-12-16-14(18(28)23-20-25-24-19(29-20)21(2,3)4)11-15(13-9-7-6-8-10-13)22-17(16)27(5)26-12/h6-11H,1-5H3,(H,23,25,28). The van der Waals surface area contributed by atoms with Crippen LogP contribution in [0.2, 0.25) is 0 Å². The van der Waals surface area contributed by atoms with E-state index in [1.165, 1.54) is 11.3 Å². The number of pyridine rings is 1. The van der Waals surface area contributed by atoms with Crippen molar-refractivity contribution in [1.82, 2.24) is 25.0 Å². The van der Waals surface area contributed by atoms with Gasteiger partial charge < -0.3 is 0 Å². The van der Waals surface area contributed by atoms with Crippen molar-refractivity contribution in [2.45, 2.75) is 33.1 Å². The number of benzene rings is 1. The highest BCUT2D eigenvalue weighted by Crippen LogP contribution is 2.30. The van der Waals surface area contributed by atoms with Crippen LogP contribution >= 0.6 is 11.3 Å². The van der Waals surface area contributed by atoms with E-state index in [-0.39, 0.29) is 11.3 Å². The van der Waals surface area contributed by atoms with Gasteiger partial charge in [0.15, 0.2) is 5.65 Å². The van der Waals surface area contributed by atoms with Crippen LogP contribution in [-0.2, 0) is 12.5 Å². The quantitative estimate of drug-likeness (QED) is 0.547. The molecule has 8 heteroatoms. The SMILES string of the molecule is Cc1nn(C)c2nc(-c3ccccc3)cc(C(=O)Nc3nnc(C(C)(C)C)s3)c12. The van der Waals surface area contributed by atoms with Gasteiger partial charge >= 0.3 is 0 Å². The number of carbonyl (C=O) groups excluding carboxylic acids is 1. The van der Waals surface area contributed by atoms with Gasteiger partial charge in [-0.15, -0.1) is 10.2 Å². The Morgan fingerprint density at radius 1 is 1.14 bits per heavy atom. The molecular formula is C21H22N6OS. The summed E-state index contributed by atoms with van der Waals surface area (Å²) < 4.78 is 1.70. The third kappa shape index (κ3) is 3.63. The first-order valence-corrected chi connectivity index (χ1v) is 10.1. The van der Waals surface area contributed by atoms with Crippen molar-refractivity contribution < 1.29 is 4.79 Å². The highest BCUT2D eigenvalue weighted by molar-refractivity contribution is 7.15. The summed E-state index contributed by atoms with van der Waals surface area (Å²) in [6.45, 7) is 8.08. The lowest BCUT2D eigenvalue weighted by Gasteiger charge is -2.12. The third-order valence-corrected chi connectivity index (χ3v) is 5.83. The first-order valence-electron chi connectivity index (χ1n) is 9.29. The van der Waals surface area contributed by atoms with Gasteiger partial charge in [0, 0.05) is 18.0 Å². The molecule has 148 valence electrons. The molecule has 29 heavy (non-hydrogen) atoms. The van der Waals surface area contributed by atoms with Crippen molar-refractivity contribution >= 4 is 33.4 Å². The van der Waals surface area contributed by atoms with Gasteiger partial charge in [0.25, 0.3) is 5.91 Å². The molecule has 0 radical (unpaired) electrons. The van der Waals surface area contributed by atoms with Crippen LogP contribution in [0.15, 0.2) is 36.4 Å². The van der Waals surface area contributed by atoms with E-state index in [2.05, 4.69) is 41.4 Å². The Labute approximate surface area is 172 Å². The number of fused-ring (bicyclic) bond motifs is 1. The van der Waals surface area contributed by atoms with Crippen LogP contribution in [-0.4, -0.2) is 30.9 Å². The molecule has 7 nitrogen and oxygen atoms in total. The van der Waals surface area contributed by atoms with Gasteiger partial charge in [-0.25, -0.2) is 4.98 Å². The summed E-state index contributed by atoms with van der Waals surface area (Å²) in [5.41, 5.74) is 3.48. The highest BCUT2D eigenvalue weighted by atomic mass is 32.1. The second-order valence-corrected chi connectivity index (χ2v) is 8.92. The molecule has 4 aromatic rings. The van der Waals surface area contributed by atoms with Crippen LogP contribution in [0.25, 0.3) is 22.3 Å². The molecule has 0 unspecified atom stereocenters. The van der Waals surface area contributed by atoms with Gasteiger partial charge in [-0.05, 0) is 13.0 Å². The zero-order valence-electron chi connectivity index (χ0n) is 17.0. The van der Waals surface area contributed by atoms with E-state index < -0.39 is 0 Å². The van der Waals surface area contributed by atoms with Crippen molar-refractivity contribution in [2.24, 2.45) is 7.05 Å². The topological polar surface area (TPSA) is 85.6 Å². The number of nitrogens with zero attached hydrogens (tertiary/aromatic N) is 5. The lowest BCUT2D eigenvalue weighted by Crippen LogP contribution is -2.13. The van der Waals surface area contributed by atoms with E-state index in [4.69, 9.17) is 4.98 Å². The first kappa shape index (κ1) is 19.2. The fourth-order valence-electron chi connectivity index (χ4n) is 3.12. The van der Waals surface area contributed by atoms with Crippen LogP contribution in [0, 0.1) is 6.92 Å². The minimum absolute atomic E-state index is 0.120. The summed E-state index contributed by atoms with van der Waals surface area (Å²) in [7, 11) is 1.83. The zero-order valence-corrected chi connectivity index (χ0v) is 17.8. The van der Waals surface area contributed by atoms with E-state index in [1.807, 2.05) is 50.4 Å². The van der Waals surface area contributed by atoms with Crippen LogP contribution in [0.5, 0.6) is 0 Å². The maximum atomic E-state index is 13.2. The van der Waals surface area contributed by atoms with Crippen LogP contribution in [0.4, 0.5) is 5.13 Å². The maximum Gasteiger partial charge on any atom is 0.258 e. The molecule has 0 aliphatic rings. The molecule has 0 aliphatic heterocycles. The fourth-order valence-corrected chi connectivity index (χ4v) is 3.92. The van der Waals surface area contributed by atoms with Crippen molar-refractivity contribution in [2.75, 3.05) is 5.32 Å². The predicted molar refractivity (Wildman–Crippen MR) is 115 cm³/mol. The summed E-state index contributed by atoms with van der Waals surface area (Å²) in [5, 5.41) is 17.8.